The second kappa shape index (κ2) is 4.33. The lowest BCUT2D eigenvalue weighted by molar-refractivity contribution is -0.139. The number of hydrogen-bond donors (Lipinski definition) is 1. The molecule has 0 saturated carbocycles. The van der Waals surface area contributed by atoms with E-state index < -0.39 is 28.6 Å². The largest absolute Gasteiger partial charge is 0.481 e. The second-order valence-corrected chi connectivity index (χ2v) is 3.70. The fourth-order valence-electron chi connectivity index (χ4n) is 1.17. The van der Waals surface area contributed by atoms with E-state index in [-0.39, 0.29) is 5.56 Å². The van der Waals surface area contributed by atoms with Crippen LogP contribution in [0.15, 0.2) is 18.2 Å². The van der Waals surface area contributed by atoms with Gasteiger partial charge in [-0.05, 0) is 24.6 Å². The zero-order valence-corrected chi connectivity index (χ0v) is 8.93. The van der Waals surface area contributed by atoms with Crippen LogP contribution in [0.5, 0.6) is 0 Å². The van der Waals surface area contributed by atoms with Crippen LogP contribution in [0.25, 0.3) is 0 Å². The van der Waals surface area contributed by atoms with Gasteiger partial charge in [-0.15, -0.1) is 0 Å². The third-order valence-electron chi connectivity index (χ3n) is 2.17. The number of benzene rings is 1. The molecule has 0 amide bonds. The van der Waals surface area contributed by atoms with E-state index in [1.165, 1.54) is 13.0 Å². The average molecular weight is 253 g/mol. The molecule has 0 heterocycles. The monoisotopic (exact) mass is 252 g/mol. The van der Waals surface area contributed by atoms with E-state index in [1.54, 1.807) is 0 Å². The molecule has 0 radical (unpaired) electrons. The van der Waals surface area contributed by atoms with Crippen LogP contribution in [0.3, 0.4) is 0 Å². The van der Waals surface area contributed by atoms with Gasteiger partial charge in [0.05, 0.1) is 16.5 Å². The maximum Gasteiger partial charge on any atom is 0.417 e. The SMILES string of the molecule is CC(C(=O)O)c1ccc(Cl)c(C(F)(F)F)c1. The predicted octanol–water partition coefficient (Wildman–Crippen LogP) is 3.55. The van der Waals surface area contributed by atoms with Crippen molar-refractivity contribution in [2.75, 3.05) is 0 Å². The fourth-order valence-corrected chi connectivity index (χ4v) is 1.40. The van der Waals surface area contributed by atoms with E-state index in [1.807, 2.05) is 0 Å². The highest BCUT2D eigenvalue weighted by atomic mass is 35.5. The topological polar surface area (TPSA) is 37.3 Å². The van der Waals surface area contributed by atoms with Crippen LogP contribution in [0.1, 0.15) is 24.0 Å². The highest BCUT2D eigenvalue weighted by Gasteiger charge is 2.34. The van der Waals surface area contributed by atoms with Gasteiger partial charge in [0.2, 0.25) is 0 Å². The molecule has 0 fully saturated rings. The van der Waals surface area contributed by atoms with Crippen LogP contribution in [0.4, 0.5) is 13.2 Å². The molecule has 1 unspecified atom stereocenters. The zero-order valence-electron chi connectivity index (χ0n) is 8.18. The third kappa shape index (κ3) is 2.66. The van der Waals surface area contributed by atoms with Crippen LogP contribution in [-0.4, -0.2) is 11.1 Å². The lowest BCUT2D eigenvalue weighted by Crippen LogP contribution is -2.11. The van der Waals surface area contributed by atoms with Crippen molar-refractivity contribution >= 4 is 17.6 Å². The number of alkyl halides is 3. The Morgan fingerprint density at radius 1 is 1.44 bits per heavy atom. The molecule has 1 rings (SSSR count). The Hall–Kier alpha value is -1.23. The molecule has 0 aliphatic heterocycles. The molecule has 16 heavy (non-hydrogen) atoms. The number of carbonyl (C=O) groups is 1. The second-order valence-electron chi connectivity index (χ2n) is 3.30. The van der Waals surface area contributed by atoms with Crippen molar-refractivity contribution in [2.45, 2.75) is 19.0 Å². The highest BCUT2D eigenvalue weighted by Crippen LogP contribution is 2.36. The number of halogens is 4. The Kier molecular flexibility index (Phi) is 3.48. The van der Waals surface area contributed by atoms with Crippen LogP contribution >= 0.6 is 11.6 Å². The first-order valence-corrected chi connectivity index (χ1v) is 4.70. The van der Waals surface area contributed by atoms with Crippen LogP contribution in [0.2, 0.25) is 5.02 Å². The van der Waals surface area contributed by atoms with Gasteiger partial charge in [-0.2, -0.15) is 13.2 Å². The number of hydrogen-bond acceptors (Lipinski definition) is 1. The van der Waals surface area contributed by atoms with Crippen LogP contribution in [-0.2, 0) is 11.0 Å². The summed E-state index contributed by atoms with van der Waals surface area (Å²) < 4.78 is 37.4. The molecule has 0 aromatic heterocycles. The Morgan fingerprint density at radius 2 is 2.00 bits per heavy atom. The molecule has 0 saturated heterocycles. The Morgan fingerprint density at radius 3 is 2.44 bits per heavy atom. The van der Waals surface area contributed by atoms with Crippen molar-refractivity contribution in [3.63, 3.8) is 0 Å². The minimum atomic E-state index is -4.58. The normalized spacial score (nSPS) is 13.6. The maximum absolute atomic E-state index is 12.5. The van der Waals surface area contributed by atoms with Gasteiger partial charge in [0.15, 0.2) is 0 Å². The molecule has 1 aromatic rings. The minimum Gasteiger partial charge on any atom is -0.481 e. The third-order valence-corrected chi connectivity index (χ3v) is 2.50. The van der Waals surface area contributed by atoms with E-state index in [4.69, 9.17) is 16.7 Å². The van der Waals surface area contributed by atoms with E-state index in [9.17, 15) is 18.0 Å². The number of carboxylic acids is 1. The Bertz CT molecular complexity index is 415. The maximum atomic E-state index is 12.5. The molecule has 1 atom stereocenters. The summed E-state index contributed by atoms with van der Waals surface area (Å²) in [4.78, 5) is 10.6. The van der Waals surface area contributed by atoms with Gasteiger partial charge in [0, 0.05) is 0 Å². The summed E-state index contributed by atoms with van der Waals surface area (Å²) in [5, 5.41) is 8.25. The molecule has 0 bridgehead atoms. The first kappa shape index (κ1) is 12.8. The van der Waals surface area contributed by atoms with Crippen molar-refractivity contribution in [1.82, 2.24) is 0 Å². The van der Waals surface area contributed by atoms with Gasteiger partial charge in [-0.25, -0.2) is 0 Å². The summed E-state index contributed by atoms with van der Waals surface area (Å²) >= 11 is 5.40. The predicted molar refractivity (Wildman–Crippen MR) is 52.5 cm³/mol. The summed E-state index contributed by atoms with van der Waals surface area (Å²) in [5.74, 6) is -2.19. The van der Waals surface area contributed by atoms with E-state index in [2.05, 4.69) is 0 Å². The summed E-state index contributed by atoms with van der Waals surface area (Å²) in [6.07, 6.45) is -4.58. The van der Waals surface area contributed by atoms with Crippen molar-refractivity contribution < 1.29 is 23.1 Å². The fraction of sp³-hybridized carbons (Fsp3) is 0.300. The lowest BCUT2D eigenvalue weighted by atomic mass is 9.99. The Balaban J connectivity index is 3.23. The molecule has 0 spiro atoms. The van der Waals surface area contributed by atoms with Crippen molar-refractivity contribution in [3.05, 3.63) is 34.3 Å². The molecule has 0 aliphatic rings. The first-order valence-electron chi connectivity index (χ1n) is 4.33. The molecule has 6 heteroatoms. The van der Waals surface area contributed by atoms with Crippen LogP contribution < -0.4 is 0 Å². The summed E-state index contributed by atoms with van der Waals surface area (Å²) in [6, 6.07) is 3.09. The quantitative estimate of drug-likeness (QED) is 0.874. The number of carboxylic acid groups (broad SMARTS) is 1. The lowest BCUT2D eigenvalue weighted by Gasteiger charge is -2.12. The van der Waals surface area contributed by atoms with Gasteiger partial charge >= 0.3 is 12.1 Å². The zero-order chi connectivity index (χ0) is 12.5. The van der Waals surface area contributed by atoms with E-state index in [0.29, 0.717) is 0 Å². The molecular weight excluding hydrogens is 245 g/mol. The minimum absolute atomic E-state index is 0.0734. The van der Waals surface area contributed by atoms with Crippen LogP contribution in [0, 0.1) is 0 Å². The smallest absolute Gasteiger partial charge is 0.417 e. The number of aliphatic carboxylic acids is 1. The van der Waals surface area contributed by atoms with Crippen molar-refractivity contribution in [3.8, 4) is 0 Å². The van der Waals surface area contributed by atoms with Gasteiger partial charge < -0.3 is 5.11 Å². The molecule has 0 aliphatic carbocycles. The van der Waals surface area contributed by atoms with E-state index in [0.717, 1.165) is 12.1 Å². The standard InChI is InChI=1S/C10H8ClF3O2/c1-5(9(15)16)6-2-3-8(11)7(4-6)10(12,13)14/h2-5H,1H3,(H,15,16). The van der Waals surface area contributed by atoms with E-state index >= 15 is 0 Å². The molecule has 1 aromatic carbocycles. The summed E-state index contributed by atoms with van der Waals surface area (Å²) in [6.45, 7) is 1.31. The van der Waals surface area contributed by atoms with Gasteiger partial charge in [-0.1, -0.05) is 17.7 Å². The Labute approximate surface area is 94.6 Å². The average Bonchev–Trinajstić information content (AvgIpc) is 2.15. The van der Waals surface area contributed by atoms with Crippen molar-refractivity contribution in [1.29, 1.82) is 0 Å². The molecule has 88 valence electrons. The molecule has 2 nitrogen and oxygen atoms in total. The van der Waals surface area contributed by atoms with Gasteiger partial charge in [0.1, 0.15) is 0 Å². The molecular formula is C10H8ClF3O2. The summed E-state index contributed by atoms with van der Waals surface area (Å²) in [7, 11) is 0. The highest BCUT2D eigenvalue weighted by molar-refractivity contribution is 6.31. The number of rotatable bonds is 2. The first-order chi connectivity index (χ1) is 7.23. The van der Waals surface area contributed by atoms with Crippen molar-refractivity contribution in [2.24, 2.45) is 0 Å². The van der Waals surface area contributed by atoms with Gasteiger partial charge in [-0.3, -0.25) is 4.79 Å². The van der Waals surface area contributed by atoms with Gasteiger partial charge in [0.25, 0.3) is 0 Å². The summed E-state index contributed by atoms with van der Waals surface area (Å²) in [5.41, 5.74) is -0.941. The molecule has 1 N–H and O–H groups in total.